The number of amides is 2. The molecule has 2 amide bonds. The summed E-state index contributed by atoms with van der Waals surface area (Å²) in [6.45, 7) is 0.936. The van der Waals surface area contributed by atoms with E-state index in [9.17, 15) is 18.4 Å². The Morgan fingerprint density at radius 1 is 1.13 bits per heavy atom. The fraction of sp³-hybridized carbons (Fsp3) is 0.364. The highest BCUT2D eigenvalue weighted by atomic mass is 19.2. The van der Waals surface area contributed by atoms with E-state index in [0.717, 1.165) is 12.2 Å². The number of likely N-dealkylation sites (tertiary alicyclic amines) is 1. The van der Waals surface area contributed by atoms with Crippen molar-refractivity contribution in [3.05, 3.63) is 65.8 Å². The number of allylic oxidation sites excluding steroid dienone is 4. The summed E-state index contributed by atoms with van der Waals surface area (Å²) in [5.74, 6) is 0.186. The molecule has 1 saturated heterocycles. The van der Waals surface area contributed by atoms with Gasteiger partial charge in [0.25, 0.3) is 5.91 Å². The van der Waals surface area contributed by atoms with Gasteiger partial charge in [-0.15, -0.1) is 0 Å². The van der Waals surface area contributed by atoms with E-state index >= 15 is 0 Å². The third-order valence-electron chi connectivity index (χ3n) is 5.44. The monoisotopic (exact) mass is 428 g/mol. The first-order chi connectivity index (χ1) is 15.0. The van der Waals surface area contributed by atoms with Crippen LogP contribution in [0.4, 0.5) is 8.78 Å². The maximum absolute atomic E-state index is 13.5. The molecule has 1 N–H and O–H groups in total. The Bertz CT molecular complexity index is 997. The largest absolute Gasteiger partial charge is 0.343 e. The second kappa shape index (κ2) is 9.20. The summed E-state index contributed by atoms with van der Waals surface area (Å²) in [7, 11) is 0. The van der Waals surface area contributed by atoms with Crippen LogP contribution in [-0.4, -0.2) is 58.8 Å². The van der Waals surface area contributed by atoms with E-state index in [0.29, 0.717) is 43.0 Å². The molecule has 2 aromatic rings. The normalized spacial score (nSPS) is 21.6. The second-order valence-electron chi connectivity index (χ2n) is 7.53. The van der Waals surface area contributed by atoms with Crippen molar-refractivity contribution in [1.82, 2.24) is 20.4 Å². The van der Waals surface area contributed by atoms with E-state index in [-0.39, 0.29) is 30.1 Å². The molecule has 9 heteroatoms. The van der Waals surface area contributed by atoms with Gasteiger partial charge in [-0.2, -0.15) is 4.98 Å². The van der Waals surface area contributed by atoms with Gasteiger partial charge in [-0.3, -0.25) is 9.59 Å². The van der Waals surface area contributed by atoms with Crippen LogP contribution in [0.3, 0.4) is 0 Å². The summed E-state index contributed by atoms with van der Waals surface area (Å²) in [4.78, 5) is 30.5. The van der Waals surface area contributed by atoms with Crippen molar-refractivity contribution in [3.63, 3.8) is 0 Å². The second-order valence-corrected chi connectivity index (χ2v) is 7.53. The predicted molar refractivity (Wildman–Crippen MR) is 109 cm³/mol. The molecule has 2 unspecified atom stereocenters. The van der Waals surface area contributed by atoms with Gasteiger partial charge in [-0.25, -0.2) is 8.78 Å². The van der Waals surface area contributed by atoms with Gasteiger partial charge in [-0.1, -0.05) is 29.4 Å². The van der Waals surface area contributed by atoms with Crippen molar-refractivity contribution in [2.75, 3.05) is 19.6 Å². The highest BCUT2D eigenvalue weighted by molar-refractivity contribution is 5.96. The van der Waals surface area contributed by atoms with Gasteiger partial charge >= 0.3 is 0 Å². The highest BCUT2D eigenvalue weighted by Crippen LogP contribution is 2.29. The van der Waals surface area contributed by atoms with Crippen molar-refractivity contribution in [1.29, 1.82) is 0 Å². The van der Waals surface area contributed by atoms with Crippen LogP contribution < -0.4 is 5.32 Å². The van der Waals surface area contributed by atoms with Crippen LogP contribution >= 0.6 is 0 Å². The van der Waals surface area contributed by atoms with Gasteiger partial charge in [0.1, 0.15) is 0 Å². The fourth-order valence-electron chi connectivity index (χ4n) is 3.62. The maximum atomic E-state index is 13.5. The number of carbonyl (C=O) groups excluding carboxylic acids is 2. The molecule has 2 heterocycles. The molecule has 1 aliphatic carbocycles. The van der Waals surface area contributed by atoms with Gasteiger partial charge in [0, 0.05) is 30.1 Å². The SMILES string of the molecule is O=C(NCC(=O)N1CCC(c2nc(C3=CC(F)C(F)C=C3)no2)CC1)c1ccccc1. The first-order valence-corrected chi connectivity index (χ1v) is 10.1. The molecule has 2 aliphatic rings. The maximum Gasteiger partial charge on any atom is 0.251 e. The van der Waals surface area contributed by atoms with Crippen LogP contribution in [0.1, 0.15) is 40.8 Å². The molecule has 0 bridgehead atoms. The highest BCUT2D eigenvalue weighted by Gasteiger charge is 2.29. The number of hydrogen-bond donors (Lipinski definition) is 1. The minimum Gasteiger partial charge on any atom is -0.343 e. The van der Waals surface area contributed by atoms with Crippen LogP contribution in [-0.2, 0) is 4.79 Å². The molecule has 2 atom stereocenters. The van der Waals surface area contributed by atoms with Crippen LogP contribution in [0.15, 0.2) is 53.1 Å². The summed E-state index contributed by atoms with van der Waals surface area (Å²) in [5.41, 5.74) is 0.892. The van der Waals surface area contributed by atoms with Crippen LogP contribution in [0.25, 0.3) is 5.57 Å². The third kappa shape index (κ3) is 4.87. The summed E-state index contributed by atoms with van der Waals surface area (Å²) in [5, 5.41) is 6.53. The molecular weight excluding hydrogens is 406 g/mol. The Balaban J connectivity index is 1.28. The number of carbonyl (C=O) groups is 2. The minimum atomic E-state index is -1.72. The van der Waals surface area contributed by atoms with E-state index in [1.807, 2.05) is 6.07 Å². The molecule has 162 valence electrons. The van der Waals surface area contributed by atoms with Gasteiger partial charge in [0.2, 0.25) is 17.6 Å². The molecule has 0 radical (unpaired) electrons. The molecular formula is C22H22F2N4O3. The Kier molecular flexibility index (Phi) is 6.20. The lowest BCUT2D eigenvalue weighted by atomic mass is 9.96. The van der Waals surface area contributed by atoms with Crippen molar-refractivity contribution in [2.45, 2.75) is 31.1 Å². The van der Waals surface area contributed by atoms with E-state index < -0.39 is 12.3 Å². The standard InChI is InChI=1S/C22H22F2N4O3/c23-17-7-6-16(12-18(17)24)20-26-22(31-27-20)15-8-10-28(11-9-15)19(29)13-25-21(30)14-4-2-1-3-5-14/h1-7,12,15,17-18H,8-11,13H2,(H,25,30). The first-order valence-electron chi connectivity index (χ1n) is 10.1. The van der Waals surface area contributed by atoms with Crippen molar-refractivity contribution in [3.8, 4) is 0 Å². The smallest absolute Gasteiger partial charge is 0.251 e. The Morgan fingerprint density at radius 3 is 2.58 bits per heavy atom. The number of rotatable bonds is 5. The Labute approximate surface area is 177 Å². The van der Waals surface area contributed by atoms with Crippen LogP contribution in [0.5, 0.6) is 0 Å². The Morgan fingerprint density at radius 2 is 1.87 bits per heavy atom. The molecule has 1 aromatic carbocycles. The molecule has 1 aromatic heterocycles. The quantitative estimate of drug-likeness (QED) is 0.791. The van der Waals surface area contributed by atoms with Gasteiger partial charge in [-0.05, 0) is 37.1 Å². The molecule has 4 rings (SSSR count). The fourth-order valence-corrected chi connectivity index (χ4v) is 3.62. The summed E-state index contributed by atoms with van der Waals surface area (Å²) in [6.07, 6.45) is 1.61. The lowest BCUT2D eigenvalue weighted by Crippen LogP contribution is -2.43. The minimum absolute atomic E-state index is 0.0209. The van der Waals surface area contributed by atoms with Gasteiger partial charge in [0.15, 0.2) is 12.3 Å². The molecule has 7 nitrogen and oxygen atoms in total. The average Bonchev–Trinajstić information content (AvgIpc) is 3.30. The number of aromatic nitrogens is 2. The number of alkyl halides is 2. The number of halogens is 2. The van der Waals surface area contributed by atoms with E-state index in [2.05, 4.69) is 15.5 Å². The number of nitrogens with one attached hydrogen (secondary N) is 1. The molecule has 1 fully saturated rings. The molecule has 31 heavy (non-hydrogen) atoms. The first kappa shape index (κ1) is 20.9. The van der Waals surface area contributed by atoms with Crippen LogP contribution in [0.2, 0.25) is 0 Å². The van der Waals surface area contributed by atoms with Crippen molar-refractivity contribution in [2.24, 2.45) is 0 Å². The van der Waals surface area contributed by atoms with Crippen molar-refractivity contribution < 1.29 is 22.9 Å². The predicted octanol–water partition coefficient (Wildman–Crippen LogP) is 2.84. The summed E-state index contributed by atoms with van der Waals surface area (Å²) in [6, 6.07) is 8.72. The average molecular weight is 428 g/mol. The number of benzene rings is 1. The van der Waals surface area contributed by atoms with Gasteiger partial charge in [0.05, 0.1) is 6.54 Å². The van der Waals surface area contributed by atoms with E-state index in [1.165, 1.54) is 6.08 Å². The number of nitrogens with zero attached hydrogens (tertiary/aromatic N) is 3. The topological polar surface area (TPSA) is 88.3 Å². The molecule has 0 spiro atoms. The Hall–Kier alpha value is -3.36. The van der Waals surface area contributed by atoms with E-state index in [1.54, 1.807) is 29.2 Å². The zero-order chi connectivity index (χ0) is 21.8. The zero-order valence-electron chi connectivity index (χ0n) is 16.7. The zero-order valence-corrected chi connectivity index (χ0v) is 16.7. The number of hydrogen-bond acceptors (Lipinski definition) is 5. The molecule has 1 aliphatic heterocycles. The lowest BCUT2D eigenvalue weighted by Gasteiger charge is -2.30. The molecule has 0 saturated carbocycles. The summed E-state index contributed by atoms with van der Waals surface area (Å²) < 4.78 is 32.1. The lowest BCUT2D eigenvalue weighted by molar-refractivity contribution is -0.131. The van der Waals surface area contributed by atoms with Gasteiger partial charge < -0.3 is 14.7 Å². The number of piperidine rings is 1. The van der Waals surface area contributed by atoms with E-state index in [4.69, 9.17) is 4.52 Å². The van der Waals surface area contributed by atoms with Crippen molar-refractivity contribution >= 4 is 17.4 Å². The summed E-state index contributed by atoms with van der Waals surface area (Å²) >= 11 is 0. The third-order valence-corrected chi connectivity index (χ3v) is 5.44. The van der Waals surface area contributed by atoms with Crippen LogP contribution in [0, 0.1) is 0 Å².